The van der Waals surface area contributed by atoms with E-state index in [0.717, 1.165) is 17.6 Å². The van der Waals surface area contributed by atoms with Crippen molar-refractivity contribution < 1.29 is 4.79 Å². The summed E-state index contributed by atoms with van der Waals surface area (Å²) in [5, 5.41) is 0. The molecule has 0 saturated carbocycles. The molecule has 0 unspecified atom stereocenters. The van der Waals surface area contributed by atoms with Crippen LogP contribution in [0.15, 0.2) is 41.8 Å². The number of nitrogens with zero attached hydrogens (tertiary/aromatic N) is 2. The number of carbonyl (C=O) groups excluding carboxylic acids is 1. The molecule has 0 bridgehead atoms. The predicted octanol–water partition coefficient (Wildman–Crippen LogP) is 4.06. The molecule has 0 saturated heterocycles. The molecular weight excluding hydrogens is 286 g/mol. The standard InChI is InChI=1S/C19H25N3O/c1-12(2)14(16-10-22-17(11-21-16)18(20)23)9-15-13(3)7-6-8-19(15,4)5/h9-11H,1,6-8H2,2-5H3,(H2,20,23). The Morgan fingerprint density at radius 1 is 1.30 bits per heavy atom. The summed E-state index contributed by atoms with van der Waals surface area (Å²) < 4.78 is 0. The molecule has 2 rings (SSSR count). The summed E-state index contributed by atoms with van der Waals surface area (Å²) in [6.45, 7) is 12.8. The lowest BCUT2D eigenvalue weighted by molar-refractivity contribution is 0.0995. The van der Waals surface area contributed by atoms with E-state index in [1.807, 2.05) is 6.92 Å². The molecule has 1 aromatic heterocycles. The molecule has 23 heavy (non-hydrogen) atoms. The second-order valence-corrected chi connectivity index (χ2v) is 6.92. The molecule has 2 N–H and O–H groups in total. The van der Waals surface area contributed by atoms with Crippen LogP contribution < -0.4 is 5.73 Å². The van der Waals surface area contributed by atoms with E-state index in [0.29, 0.717) is 5.69 Å². The molecule has 1 amide bonds. The van der Waals surface area contributed by atoms with Crippen molar-refractivity contribution in [1.29, 1.82) is 0 Å². The zero-order valence-electron chi connectivity index (χ0n) is 14.4. The van der Waals surface area contributed by atoms with Gasteiger partial charge in [0.25, 0.3) is 5.91 Å². The highest BCUT2D eigenvalue weighted by atomic mass is 16.1. The zero-order chi connectivity index (χ0) is 17.2. The van der Waals surface area contributed by atoms with Gasteiger partial charge in [0.2, 0.25) is 0 Å². The molecule has 0 atom stereocenters. The molecular formula is C19H25N3O. The summed E-state index contributed by atoms with van der Waals surface area (Å²) in [5.41, 5.74) is 10.9. The lowest BCUT2D eigenvalue weighted by atomic mass is 9.72. The lowest BCUT2D eigenvalue weighted by Gasteiger charge is -2.33. The normalized spacial score (nSPS) is 18.0. The number of aromatic nitrogens is 2. The fourth-order valence-electron chi connectivity index (χ4n) is 3.12. The van der Waals surface area contributed by atoms with E-state index in [4.69, 9.17) is 5.73 Å². The largest absolute Gasteiger partial charge is 0.364 e. The zero-order valence-corrected chi connectivity index (χ0v) is 14.4. The maximum Gasteiger partial charge on any atom is 0.268 e. The summed E-state index contributed by atoms with van der Waals surface area (Å²) in [6, 6.07) is 0. The van der Waals surface area contributed by atoms with Crippen LogP contribution in [-0.4, -0.2) is 15.9 Å². The summed E-state index contributed by atoms with van der Waals surface area (Å²) in [7, 11) is 0. The van der Waals surface area contributed by atoms with Crippen molar-refractivity contribution >= 4 is 11.5 Å². The second-order valence-electron chi connectivity index (χ2n) is 6.92. The smallest absolute Gasteiger partial charge is 0.268 e. The van der Waals surface area contributed by atoms with Crippen molar-refractivity contribution in [1.82, 2.24) is 9.97 Å². The van der Waals surface area contributed by atoms with Gasteiger partial charge < -0.3 is 5.73 Å². The number of allylic oxidation sites excluding steroid dienone is 5. The minimum absolute atomic E-state index is 0.142. The maximum absolute atomic E-state index is 11.1. The number of hydrogen-bond acceptors (Lipinski definition) is 3. The van der Waals surface area contributed by atoms with E-state index < -0.39 is 5.91 Å². The van der Waals surface area contributed by atoms with Crippen LogP contribution >= 0.6 is 0 Å². The van der Waals surface area contributed by atoms with Crippen molar-refractivity contribution in [3.63, 3.8) is 0 Å². The third kappa shape index (κ3) is 3.76. The van der Waals surface area contributed by atoms with Gasteiger partial charge >= 0.3 is 0 Å². The number of hydrogen-bond donors (Lipinski definition) is 1. The van der Waals surface area contributed by atoms with Gasteiger partial charge in [0.15, 0.2) is 0 Å². The molecule has 4 heteroatoms. The molecule has 0 radical (unpaired) electrons. The van der Waals surface area contributed by atoms with Crippen LogP contribution in [0.5, 0.6) is 0 Å². The van der Waals surface area contributed by atoms with Crippen LogP contribution in [0.3, 0.4) is 0 Å². The first kappa shape index (κ1) is 17.1. The summed E-state index contributed by atoms with van der Waals surface area (Å²) in [4.78, 5) is 19.6. The van der Waals surface area contributed by atoms with Gasteiger partial charge in [0.05, 0.1) is 18.1 Å². The molecule has 0 aliphatic heterocycles. The summed E-state index contributed by atoms with van der Waals surface area (Å²) >= 11 is 0. The minimum atomic E-state index is -0.572. The second kappa shape index (κ2) is 6.49. The average molecular weight is 311 g/mol. The molecule has 1 aliphatic rings. The Kier molecular flexibility index (Phi) is 4.83. The van der Waals surface area contributed by atoms with Crippen molar-refractivity contribution in [3.05, 3.63) is 53.2 Å². The topological polar surface area (TPSA) is 68.9 Å². The van der Waals surface area contributed by atoms with Gasteiger partial charge in [-0.15, -0.1) is 0 Å². The van der Waals surface area contributed by atoms with Crippen LogP contribution in [0, 0.1) is 5.41 Å². The van der Waals surface area contributed by atoms with Gasteiger partial charge in [0.1, 0.15) is 5.69 Å². The monoisotopic (exact) mass is 311 g/mol. The van der Waals surface area contributed by atoms with Gasteiger partial charge in [-0.3, -0.25) is 9.78 Å². The van der Waals surface area contributed by atoms with Gasteiger partial charge in [-0.05, 0) is 55.7 Å². The Balaban J connectivity index is 2.50. The first-order chi connectivity index (χ1) is 10.7. The van der Waals surface area contributed by atoms with Crippen LogP contribution in [0.1, 0.15) is 63.1 Å². The van der Waals surface area contributed by atoms with E-state index in [1.165, 1.54) is 30.2 Å². The summed E-state index contributed by atoms with van der Waals surface area (Å²) in [5.74, 6) is -0.572. The van der Waals surface area contributed by atoms with Gasteiger partial charge in [-0.25, -0.2) is 4.98 Å². The average Bonchev–Trinajstić information content (AvgIpc) is 2.46. The number of rotatable bonds is 4. The number of nitrogens with two attached hydrogens (primary N) is 1. The Morgan fingerprint density at radius 2 is 1.91 bits per heavy atom. The quantitative estimate of drug-likeness (QED) is 0.852. The van der Waals surface area contributed by atoms with E-state index >= 15 is 0 Å². The molecule has 4 nitrogen and oxygen atoms in total. The SMILES string of the molecule is C=C(C)C(=CC1=C(C)CCCC1(C)C)c1cnc(C(N)=O)cn1. The van der Waals surface area contributed by atoms with E-state index in [2.05, 4.69) is 43.4 Å². The Morgan fingerprint density at radius 3 is 2.39 bits per heavy atom. The number of primary amides is 1. The first-order valence-electron chi connectivity index (χ1n) is 7.92. The minimum Gasteiger partial charge on any atom is -0.364 e. The Bertz CT molecular complexity index is 694. The molecule has 1 heterocycles. The van der Waals surface area contributed by atoms with Crippen LogP contribution in [0.25, 0.3) is 5.57 Å². The van der Waals surface area contributed by atoms with Crippen molar-refractivity contribution in [2.24, 2.45) is 11.1 Å². The summed E-state index contributed by atoms with van der Waals surface area (Å²) in [6.07, 6.45) is 8.72. The van der Waals surface area contributed by atoms with Crippen molar-refractivity contribution in [2.75, 3.05) is 0 Å². The third-order valence-corrected chi connectivity index (χ3v) is 4.47. The molecule has 0 aromatic carbocycles. The Labute approximate surface area is 138 Å². The van der Waals surface area contributed by atoms with Crippen molar-refractivity contribution in [3.8, 4) is 0 Å². The van der Waals surface area contributed by atoms with E-state index in [9.17, 15) is 4.79 Å². The first-order valence-corrected chi connectivity index (χ1v) is 7.92. The Hall–Kier alpha value is -2.23. The molecule has 1 aromatic rings. The van der Waals surface area contributed by atoms with Crippen LogP contribution in [0.4, 0.5) is 0 Å². The fourth-order valence-corrected chi connectivity index (χ4v) is 3.12. The highest BCUT2D eigenvalue weighted by Crippen LogP contribution is 2.42. The third-order valence-electron chi connectivity index (χ3n) is 4.47. The molecule has 0 fully saturated rings. The lowest BCUT2D eigenvalue weighted by Crippen LogP contribution is -2.19. The maximum atomic E-state index is 11.1. The molecule has 0 spiro atoms. The highest BCUT2D eigenvalue weighted by molar-refractivity contribution is 5.90. The fraction of sp³-hybridized carbons (Fsp3) is 0.421. The van der Waals surface area contributed by atoms with Gasteiger partial charge in [0, 0.05) is 5.57 Å². The number of amides is 1. The van der Waals surface area contributed by atoms with E-state index in [1.54, 1.807) is 6.20 Å². The number of carbonyl (C=O) groups is 1. The van der Waals surface area contributed by atoms with Gasteiger partial charge in [-0.1, -0.05) is 26.0 Å². The molecule has 122 valence electrons. The van der Waals surface area contributed by atoms with Gasteiger partial charge in [-0.2, -0.15) is 0 Å². The highest BCUT2D eigenvalue weighted by Gasteiger charge is 2.27. The molecule has 1 aliphatic carbocycles. The van der Waals surface area contributed by atoms with E-state index in [-0.39, 0.29) is 11.1 Å². The predicted molar refractivity (Wildman–Crippen MR) is 93.7 cm³/mol. The van der Waals surface area contributed by atoms with Crippen molar-refractivity contribution in [2.45, 2.75) is 47.0 Å². The van der Waals surface area contributed by atoms with Crippen LogP contribution in [0.2, 0.25) is 0 Å². The van der Waals surface area contributed by atoms with Crippen LogP contribution in [-0.2, 0) is 0 Å².